The average Bonchev–Trinajstić information content (AvgIpc) is 3.36. The number of urea groups is 1. The van der Waals surface area contributed by atoms with Crippen LogP contribution in [0.3, 0.4) is 0 Å². The zero-order valence-electron chi connectivity index (χ0n) is 12.8. The molecule has 3 aliphatic rings. The van der Waals surface area contributed by atoms with Crippen molar-refractivity contribution in [3.8, 4) is 11.5 Å². The lowest BCUT2D eigenvalue weighted by Gasteiger charge is -2.30. The van der Waals surface area contributed by atoms with Gasteiger partial charge in [0.25, 0.3) is 0 Å². The lowest BCUT2D eigenvalue weighted by molar-refractivity contribution is 0.170. The third-order valence-corrected chi connectivity index (χ3v) is 4.83. The van der Waals surface area contributed by atoms with Gasteiger partial charge in [0.1, 0.15) is 13.2 Å². The van der Waals surface area contributed by atoms with Crippen molar-refractivity contribution < 1.29 is 14.3 Å². The van der Waals surface area contributed by atoms with Gasteiger partial charge in [-0.05, 0) is 49.8 Å². The van der Waals surface area contributed by atoms with E-state index in [2.05, 4.69) is 11.4 Å². The predicted molar refractivity (Wildman–Crippen MR) is 82.3 cm³/mol. The molecule has 2 heterocycles. The Kier molecular flexibility index (Phi) is 3.36. The van der Waals surface area contributed by atoms with E-state index in [0.717, 1.165) is 55.8 Å². The first kappa shape index (κ1) is 13.7. The molecule has 0 radical (unpaired) electrons. The molecule has 0 unspecified atom stereocenters. The lowest BCUT2D eigenvalue weighted by atomic mass is 10.0. The second kappa shape index (κ2) is 5.38. The fraction of sp³-hybridized carbons (Fsp3) is 0.588. The zero-order valence-corrected chi connectivity index (χ0v) is 12.8. The number of likely N-dealkylation sites (tertiary alicyclic amines) is 1. The van der Waals surface area contributed by atoms with Crippen LogP contribution in [0.1, 0.15) is 37.7 Å². The van der Waals surface area contributed by atoms with Crippen LogP contribution in [0.25, 0.3) is 0 Å². The van der Waals surface area contributed by atoms with E-state index < -0.39 is 0 Å². The molecule has 0 spiro atoms. The Balaban J connectivity index is 1.50. The number of carbonyl (C=O) groups excluding carboxylic acids is 1. The van der Waals surface area contributed by atoms with Crippen molar-refractivity contribution in [1.82, 2.24) is 10.2 Å². The summed E-state index contributed by atoms with van der Waals surface area (Å²) in [5, 5.41) is 3.25. The second-order valence-corrected chi connectivity index (χ2v) is 6.42. The van der Waals surface area contributed by atoms with Crippen molar-refractivity contribution in [2.75, 3.05) is 26.3 Å². The molecule has 2 aliphatic heterocycles. The van der Waals surface area contributed by atoms with Gasteiger partial charge in [0, 0.05) is 13.1 Å². The summed E-state index contributed by atoms with van der Waals surface area (Å²) in [7, 11) is 0. The molecule has 2 fully saturated rings. The van der Waals surface area contributed by atoms with Crippen molar-refractivity contribution in [3.63, 3.8) is 0 Å². The van der Waals surface area contributed by atoms with Gasteiger partial charge in [0.05, 0.1) is 5.54 Å². The number of hydrogen-bond donors (Lipinski definition) is 1. The molecular formula is C17H22N2O3. The van der Waals surface area contributed by atoms with Crippen LogP contribution in [0.5, 0.6) is 11.5 Å². The molecule has 1 aliphatic carbocycles. The Morgan fingerprint density at radius 1 is 1.05 bits per heavy atom. The standard InChI is InChI=1S/C17H22N2O3/c20-16(19-8-2-1-3-9-19)18-17(6-7-17)13-4-5-14-15(12-13)22-11-10-21-14/h4-5,12H,1-3,6-11H2,(H,18,20). The molecule has 1 saturated carbocycles. The van der Waals surface area contributed by atoms with Gasteiger partial charge in [0.2, 0.25) is 0 Å². The average molecular weight is 302 g/mol. The molecule has 0 aromatic heterocycles. The van der Waals surface area contributed by atoms with Gasteiger partial charge >= 0.3 is 6.03 Å². The number of amides is 2. The molecule has 4 rings (SSSR count). The minimum atomic E-state index is -0.204. The van der Waals surface area contributed by atoms with Crippen LogP contribution >= 0.6 is 0 Å². The summed E-state index contributed by atoms with van der Waals surface area (Å²) in [6.07, 6.45) is 5.45. The summed E-state index contributed by atoms with van der Waals surface area (Å²) < 4.78 is 11.2. The van der Waals surface area contributed by atoms with Crippen molar-refractivity contribution in [3.05, 3.63) is 23.8 Å². The molecule has 0 bridgehead atoms. The van der Waals surface area contributed by atoms with Crippen LogP contribution < -0.4 is 14.8 Å². The molecule has 2 amide bonds. The Morgan fingerprint density at radius 2 is 1.77 bits per heavy atom. The fourth-order valence-corrected chi connectivity index (χ4v) is 3.33. The SMILES string of the molecule is O=C(NC1(c2ccc3c(c2)OCCO3)CC1)N1CCCCC1. The highest BCUT2D eigenvalue weighted by Crippen LogP contribution is 2.48. The number of fused-ring (bicyclic) bond motifs is 1. The first-order chi connectivity index (χ1) is 10.8. The third-order valence-electron chi connectivity index (χ3n) is 4.83. The van der Waals surface area contributed by atoms with Gasteiger partial charge < -0.3 is 19.7 Å². The van der Waals surface area contributed by atoms with Crippen LogP contribution in [0.15, 0.2) is 18.2 Å². The summed E-state index contributed by atoms with van der Waals surface area (Å²) in [6, 6.07) is 6.11. The minimum absolute atomic E-state index is 0.0760. The lowest BCUT2D eigenvalue weighted by Crippen LogP contribution is -2.46. The van der Waals surface area contributed by atoms with Crippen LogP contribution in [0, 0.1) is 0 Å². The summed E-state index contributed by atoms with van der Waals surface area (Å²) in [4.78, 5) is 14.4. The number of rotatable bonds is 2. The van der Waals surface area contributed by atoms with E-state index in [0.29, 0.717) is 13.2 Å². The summed E-state index contributed by atoms with van der Waals surface area (Å²) in [5.74, 6) is 1.59. The smallest absolute Gasteiger partial charge is 0.318 e. The van der Waals surface area contributed by atoms with Crippen LogP contribution in [-0.2, 0) is 5.54 Å². The normalized spacial score (nSPS) is 22.1. The Bertz CT molecular complexity index is 577. The number of hydrogen-bond acceptors (Lipinski definition) is 3. The van der Waals surface area contributed by atoms with E-state index in [4.69, 9.17) is 9.47 Å². The first-order valence-corrected chi connectivity index (χ1v) is 8.24. The van der Waals surface area contributed by atoms with Crippen molar-refractivity contribution >= 4 is 6.03 Å². The Morgan fingerprint density at radius 3 is 2.50 bits per heavy atom. The van der Waals surface area contributed by atoms with E-state index in [1.165, 1.54) is 6.42 Å². The topological polar surface area (TPSA) is 50.8 Å². The maximum Gasteiger partial charge on any atom is 0.318 e. The van der Waals surface area contributed by atoms with Gasteiger partial charge in [-0.2, -0.15) is 0 Å². The second-order valence-electron chi connectivity index (χ2n) is 6.42. The number of nitrogens with one attached hydrogen (secondary N) is 1. The molecule has 1 saturated heterocycles. The number of ether oxygens (including phenoxy) is 2. The Labute approximate surface area is 130 Å². The molecule has 0 atom stereocenters. The molecule has 22 heavy (non-hydrogen) atoms. The van der Waals surface area contributed by atoms with Crippen LogP contribution in [0.2, 0.25) is 0 Å². The molecule has 1 aromatic carbocycles. The van der Waals surface area contributed by atoms with Gasteiger partial charge in [-0.15, -0.1) is 0 Å². The molecule has 5 heteroatoms. The van der Waals surface area contributed by atoms with Crippen molar-refractivity contribution in [2.24, 2.45) is 0 Å². The van der Waals surface area contributed by atoms with Gasteiger partial charge in [0.15, 0.2) is 11.5 Å². The highest BCUT2D eigenvalue weighted by atomic mass is 16.6. The molecule has 5 nitrogen and oxygen atoms in total. The molecule has 118 valence electrons. The molecule has 1 aromatic rings. The van der Waals surface area contributed by atoms with E-state index in [1.54, 1.807) is 0 Å². The van der Waals surface area contributed by atoms with Crippen LogP contribution in [-0.4, -0.2) is 37.2 Å². The quantitative estimate of drug-likeness (QED) is 0.913. The monoisotopic (exact) mass is 302 g/mol. The fourth-order valence-electron chi connectivity index (χ4n) is 3.33. The number of nitrogens with zero attached hydrogens (tertiary/aromatic N) is 1. The number of piperidine rings is 1. The zero-order chi connectivity index (χ0) is 15.0. The van der Waals surface area contributed by atoms with E-state index >= 15 is 0 Å². The van der Waals surface area contributed by atoms with E-state index in [9.17, 15) is 4.79 Å². The van der Waals surface area contributed by atoms with Crippen LogP contribution in [0.4, 0.5) is 4.79 Å². The summed E-state index contributed by atoms with van der Waals surface area (Å²) >= 11 is 0. The van der Waals surface area contributed by atoms with Gasteiger partial charge in [-0.25, -0.2) is 4.79 Å². The van der Waals surface area contributed by atoms with Crippen molar-refractivity contribution in [2.45, 2.75) is 37.6 Å². The van der Waals surface area contributed by atoms with Gasteiger partial charge in [-0.1, -0.05) is 6.07 Å². The largest absolute Gasteiger partial charge is 0.486 e. The Hall–Kier alpha value is -1.91. The van der Waals surface area contributed by atoms with E-state index in [-0.39, 0.29) is 11.6 Å². The number of carbonyl (C=O) groups is 1. The third kappa shape index (κ3) is 2.49. The molecule has 1 N–H and O–H groups in total. The predicted octanol–water partition coefficient (Wildman–Crippen LogP) is 2.64. The maximum absolute atomic E-state index is 12.5. The summed E-state index contributed by atoms with van der Waals surface area (Å²) in [6.45, 7) is 2.94. The number of benzene rings is 1. The highest BCUT2D eigenvalue weighted by molar-refractivity contribution is 5.76. The highest BCUT2D eigenvalue weighted by Gasteiger charge is 2.46. The maximum atomic E-state index is 12.5. The minimum Gasteiger partial charge on any atom is -0.486 e. The first-order valence-electron chi connectivity index (χ1n) is 8.24. The van der Waals surface area contributed by atoms with Gasteiger partial charge in [-0.3, -0.25) is 0 Å². The van der Waals surface area contributed by atoms with Crippen molar-refractivity contribution in [1.29, 1.82) is 0 Å². The van der Waals surface area contributed by atoms with E-state index in [1.807, 2.05) is 17.0 Å². The molecular weight excluding hydrogens is 280 g/mol. The summed E-state index contributed by atoms with van der Waals surface area (Å²) in [5.41, 5.74) is 0.923.